The van der Waals surface area contributed by atoms with Crippen LogP contribution in [0, 0.1) is 6.92 Å². The van der Waals surface area contributed by atoms with E-state index in [0.29, 0.717) is 11.3 Å². The minimum absolute atomic E-state index is 0.172. The van der Waals surface area contributed by atoms with Gasteiger partial charge in [0.15, 0.2) is 5.65 Å². The molecule has 1 atom stereocenters. The van der Waals surface area contributed by atoms with E-state index < -0.39 is 0 Å². The molecule has 0 saturated heterocycles. The predicted octanol–water partition coefficient (Wildman–Crippen LogP) is 4.85. The van der Waals surface area contributed by atoms with Crippen molar-refractivity contribution >= 4 is 16.9 Å². The van der Waals surface area contributed by atoms with E-state index in [1.807, 2.05) is 72.3 Å². The quantitative estimate of drug-likeness (QED) is 0.490. The molecule has 2 aromatic carbocycles. The van der Waals surface area contributed by atoms with Crippen LogP contribution < -0.4 is 10.1 Å². The molecule has 1 amide bonds. The molecule has 158 valence electrons. The number of carbonyl (C=O) groups excluding carboxylic acids is 1. The Morgan fingerprint density at radius 2 is 1.71 bits per heavy atom. The first-order chi connectivity index (χ1) is 15.0. The first-order valence-corrected chi connectivity index (χ1v) is 10.3. The van der Waals surface area contributed by atoms with Gasteiger partial charge in [0.25, 0.3) is 5.91 Å². The molecule has 6 nitrogen and oxygen atoms in total. The summed E-state index contributed by atoms with van der Waals surface area (Å²) in [7, 11) is 1.64. The van der Waals surface area contributed by atoms with Gasteiger partial charge in [-0.25, -0.2) is 9.67 Å². The lowest BCUT2D eigenvalue weighted by molar-refractivity contribution is 0.0942. The maximum Gasteiger partial charge on any atom is 0.253 e. The lowest BCUT2D eigenvalue weighted by Gasteiger charge is -2.21. The van der Waals surface area contributed by atoms with Gasteiger partial charge in [-0.1, -0.05) is 42.5 Å². The second kappa shape index (κ2) is 8.60. The standard InChI is InChI=1S/C25H26N4O2/c1-16(2)29-24-20(15-26-29)14-22(17(3)27-24)25(30)28-23(18-8-6-5-7-9-18)19-10-12-21(31-4)13-11-19/h5-16,23H,1-4H3,(H,28,30). The van der Waals surface area contributed by atoms with E-state index in [0.717, 1.165) is 27.9 Å². The van der Waals surface area contributed by atoms with Gasteiger partial charge in [0.2, 0.25) is 0 Å². The van der Waals surface area contributed by atoms with Gasteiger partial charge >= 0.3 is 0 Å². The lowest BCUT2D eigenvalue weighted by Crippen LogP contribution is -2.30. The summed E-state index contributed by atoms with van der Waals surface area (Å²) in [5.74, 6) is 0.600. The summed E-state index contributed by atoms with van der Waals surface area (Å²) < 4.78 is 7.15. The van der Waals surface area contributed by atoms with Crippen molar-refractivity contribution in [1.82, 2.24) is 20.1 Å². The topological polar surface area (TPSA) is 69.0 Å². The van der Waals surface area contributed by atoms with E-state index in [1.165, 1.54) is 0 Å². The number of pyridine rings is 1. The summed E-state index contributed by atoms with van der Waals surface area (Å²) in [5, 5.41) is 8.46. The van der Waals surface area contributed by atoms with Crippen LogP contribution >= 0.6 is 0 Å². The number of aromatic nitrogens is 3. The predicted molar refractivity (Wildman–Crippen MR) is 121 cm³/mol. The summed E-state index contributed by atoms with van der Waals surface area (Å²) in [4.78, 5) is 18.0. The summed E-state index contributed by atoms with van der Waals surface area (Å²) in [6.45, 7) is 5.98. The van der Waals surface area contributed by atoms with Crippen LogP contribution in [0.1, 0.15) is 53.1 Å². The first-order valence-electron chi connectivity index (χ1n) is 10.3. The van der Waals surface area contributed by atoms with Crippen molar-refractivity contribution in [2.24, 2.45) is 0 Å². The summed E-state index contributed by atoms with van der Waals surface area (Å²) >= 11 is 0. The van der Waals surface area contributed by atoms with E-state index in [9.17, 15) is 4.79 Å². The molecule has 31 heavy (non-hydrogen) atoms. The number of benzene rings is 2. The molecule has 0 saturated carbocycles. The minimum atomic E-state index is -0.298. The van der Waals surface area contributed by atoms with Gasteiger partial charge in [-0.15, -0.1) is 0 Å². The second-order valence-electron chi connectivity index (χ2n) is 7.81. The molecular weight excluding hydrogens is 388 g/mol. The number of nitrogens with zero attached hydrogens (tertiary/aromatic N) is 3. The Labute approximate surface area is 181 Å². The van der Waals surface area contributed by atoms with Crippen LogP contribution in [0.25, 0.3) is 11.0 Å². The largest absolute Gasteiger partial charge is 0.497 e. The van der Waals surface area contributed by atoms with Crippen molar-refractivity contribution in [1.29, 1.82) is 0 Å². The summed E-state index contributed by atoms with van der Waals surface area (Å²) in [5.41, 5.74) is 3.98. The SMILES string of the molecule is COc1ccc(C(NC(=O)c2cc3cnn(C(C)C)c3nc2C)c2ccccc2)cc1. The number of carbonyl (C=O) groups is 1. The number of methoxy groups -OCH3 is 1. The molecule has 0 bridgehead atoms. The zero-order valence-electron chi connectivity index (χ0n) is 18.2. The normalized spacial score (nSPS) is 12.2. The van der Waals surface area contributed by atoms with Gasteiger partial charge in [-0.05, 0) is 50.1 Å². The average molecular weight is 415 g/mol. The molecule has 0 aliphatic rings. The van der Waals surface area contributed by atoms with Gasteiger partial charge < -0.3 is 10.1 Å². The Morgan fingerprint density at radius 3 is 2.35 bits per heavy atom. The van der Waals surface area contributed by atoms with Crippen molar-refractivity contribution in [3.8, 4) is 5.75 Å². The maximum absolute atomic E-state index is 13.3. The van der Waals surface area contributed by atoms with Crippen LogP contribution in [0.2, 0.25) is 0 Å². The molecule has 0 fully saturated rings. The molecule has 4 aromatic rings. The van der Waals surface area contributed by atoms with E-state index in [1.54, 1.807) is 13.3 Å². The highest BCUT2D eigenvalue weighted by atomic mass is 16.5. The summed E-state index contributed by atoms with van der Waals surface area (Å²) in [6, 6.07) is 19.4. The van der Waals surface area contributed by atoms with Crippen LogP contribution in [-0.2, 0) is 0 Å². The van der Waals surface area contributed by atoms with Crippen LogP contribution in [0.5, 0.6) is 5.75 Å². The van der Waals surface area contributed by atoms with Crippen LogP contribution in [-0.4, -0.2) is 27.8 Å². The number of rotatable bonds is 6. The molecule has 0 spiro atoms. The number of aryl methyl sites for hydroxylation is 1. The van der Waals surface area contributed by atoms with Crippen LogP contribution in [0.3, 0.4) is 0 Å². The molecule has 0 aliphatic carbocycles. The third kappa shape index (κ3) is 4.14. The van der Waals surface area contributed by atoms with Crippen molar-refractivity contribution in [3.05, 3.63) is 89.2 Å². The zero-order valence-corrected chi connectivity index (χ0v) is 18.2. The fourth-order valence-corrected chi connectivity index (χ4v) is 3.68. The fraction of sp³-hybridized carbons (Fsp3) is 0.240. The number of hydrogen-bond donors (Lipinski definition) is 1. The molecular formula is C25H26N4O2. The zero-order chi connectivity index (χ0) is 22.0. The molecule has 4 rings (SSSR count). The molecule has 6 heteroatoms. The second-order valence-corrected chi connectivity index (χ2v) is 7.81. The highest BCUT2D eigenvalue weighted by molar-refractivity contribution is 5.98. The highest BCUT2D eigenvalue weighted by Gasteiger charge is 2.21. The fourth-order valence-electron chi connectivity index (χ4n) is 3.68. The molecule has 2 aromatic heterocycles. The molecule has 1 unspecified atom stereocenters. The number of nitrogens with one attached hydrogen (secondary N) is 1. The monoisotopic (exact) mass is 414 g/mol. The first kappa shape index (κ1) is 20.6. The van der Waals surface area contributed by atoms with Crippen molar-refractivity contribution in [2.75, 3.05) is 7.11 Å². The third-order valence-corrected chi connectivity index (χ3v) is 5.35. The Balaban J connectivity index is 1.69. The Bertz CT molecular complexity index is 1200. The Hall–Kier alpha value is -3.67. The smallest absolute Gasteiger partial charge is 0.253 e. The van der Waals surface area contributed by atoms with Crippen molar-refractivity contribution in [2.45, 2.75) is 32.9 Å². The van der Waals surface area contributed by atoms with E-state index in [4.69, 9.17) is 4.74 Å². The van der Waals surface area contributed by atoms with Gasteiger partial charge in [-0.3, -0.25) is 4.79 Å². The average Bonchev–Trinajstić information content (AvgIpc) is 3.20. The Kier molecular flexibility index (Phi) is 5.71. The highest BCUT2D eigenvalue weighted by Crippen LogP contribution is 2.26. The van der Waals surface area contributed by atoms with Crippen molar-refractivity contribution in [3.63, 3.8) is 0 Å². The summed E-state index contributed by atoms with van der Waals surface area (Å²) in [6.07, 6.45) is 1.76. The number of amides is 1. The molecule has 0 radical (unpaired) electrons. The van der Waals surface area contributed by atoms with E-state index in [-0.39, 0.29) is 18.0 Å². The van der Waals surface area contributed by atoms with Gasteiger partial charge in [0.1, 0.15) is 5.75 Å². The Morgan fingerprint density at radius 1 is 1.03 bits per heavy atom. The maximum atomic E-state index is 13.3. The number of ether oxygens (including phenoxy) is 1. The van der Waals surface area contributed by atoms with Gasteiger partial charge in [0, 0.05) is 11.4 Å². The van der Waals surface area contributed by atoms with Gasteiger partial charge in [-0.2, -0.15) is 5.10 Å². The molecule has 1 N–H and O–H groups in total. The minimum Gasteiger partial charge on any atom is -0.497 e. The van der Waals surface area contributed by atoms with E-state index >= 15 is 0 Å². The molecule has 2 heterocycles. The van der Waals surface area contributed by atoms with Crippen LogP contribution in [0.4, 0.5) is 0 Å². The molecule has 0 aliphatic heterocycles. The third-order valence-electron chi connectivity index (χ3n) is 5.35. The van der Waals surface area contributed by atoms with E-state index in [2.05, 4.69) is 29.2 Å². The van der Waals surface area contributed by atoms with Crippen molar-refractivity contribution < 1.29 is 9.53 Å². The lowest BCUT2D eigenvalue weighted by atomic mass is 9.98. The van der Waals surface area contributed by atoms with Gasteiger partial charge in [0.05, 0.1) is 30.6 Å². The van der Waals surface area contributed by atoms with Crippen LogP contribution in [0.15, 0.2) is 66.9 Å². The number of hydrogen-bond acceptors (Lipinski definition) is 4. The number of fused-ring (bicyclic) bond motifs is 1.